The second-order valence-corrected chi connectivity index (χ2v) is 9.68. The van der Waals surface area contributed by atoms with Crippen molar-refractivity contribution in [2.24, 2.45) is 0 Å². The van der Waals surface area contributed by atoms with Crippen molar-refractivity contribution in [1.82, 2.24) is 14.9 Å². The molecule has 1 aliphatic rings. The molecular formula is C27H25N5O3S. The number of aryl methyl sites for hydroxylation is 2. The minimum atomic E-state index is -0.546. The molecule has 4 aromatic rings. The van der Waals surface area contributed by atoms with E-state index in [0.717, 1.165) is 27.9 Å². The van der Waals surface area contributed by atoms with Gasteiger partial charge in [-0.1, -0.05) is 71.9 Å². The lowest BCUT2D eigenvalue weighted by Gasteiger charge is -2.33. The number of nitrogens with one attached hydrogen (secondary N) is 2. The Bertz CT molecular complexity index is 1420. The highest BCUT2D eigenvalue weighted by Gasteiger charge is 2.38. The molecule has 1 aromatic heterocycles. The summed E-state index contributed by atoms with van der Waals surface area (Å²) in [6.45, 7) is 3.99. The highest BCUT2D eigenvalue weighted by Crippen LogP contribution is 2.39. The molecule has 0 saturated heterocycles. The molecule has 0 saturated carbocycles. The largest absolute Gasteiger partial charge is 0.465 e. The third-order valence-electron chi connectivity index (χ3n) is 6.06. The van der Waals surface area contributed by atoms with Crippen LogP contribution < -0.4 is 10.7 Å². The molecule has 5 rings (SSSR count). The first-order valence-corrected chi connectivity index (χ1v) is 12.3. The van der Waals surface area contributed by atoms with Gasteiger partial charge in [-0.25, -0.2) is 9.47 Å². The maximum Gasteiger partial charge on any atom is 0.337 e. The van der Waals surface area contributed by atoms with E-state index in [1.54, 1.807) is 12.1 Å². The van der Waals surface area contributed by atoms with E-state index in [2.05, 4.69) is 20.9 Å². The summed E-state index contributed by atoms with van der Waals surface area (Å²) in [6, 6.07) is 22.3. The zero-order valence-electron chi connectivity index (χ0n) is 20.1. The lowest BCUT2D eigenvalue weighted by atomic mass is 10.0. The van der Waals surface area contributed by atoms with Crippen LogP contribution >= 0.6 is 11.8 Å². The number of carbonyl (C=O) groups excluding carboxylic acids is 2. The van der Waals surface area contributed by atoms with Crippen molar-refractivity contribution in [3.05, 3.63) is 95.1 Å². The van der Waals surface area contributed by atoms with Crippen molar-refractivity contribution in [1.29, 1.82) is 0 Å². The SMILES string of the molecule is COC(=O)c1ccc([C@H]2Nn3c(nnc3-c3ccccc3)S[C@H]2C(=O)Nc2ccc(C)cc2C)cc1. The van der Waals surface area contributed by atoms with E-state index in [9.17, 15) is 9.59 Å². The molecule has 2 N–H and O–H groups in total. The molecule has 182 valence electrons. The van der Waals surface area contributed by atoms with Gasteiger partial charge in [-0.05, 0) is 43.2 Å². The van der Waals surface area contributed by atoms with Crippen LogP contribution in [0.3, 0.4) is 0 Å². The molecule has 3 aromatic carbocycles. The first kappa shape index (κ1) is 23.6. The molecule has 0 spiro atoms. The van der Waals surface area contributed by atoms with E-state index in [4.69, 9.17) is 4.74 Å². The van der Waals surface area contributed by atoms with Crippen molar-refractivity contribution in [3.63, 3.8) is 0 Å². The number of aromatic nitrogens is 3. The lowest BCUT2D eigenvalue weighted by molar-refractivity contribution is -0.116. The fraction of sp³-hybridized carbons (Fsp3) is 0.185. The lowest BCUT2D eigenvalue weighted by Crippen LogP contribution is -2.41. The second-order valence-electron chi connectivity index (χ2n) is 8.57. The maximum atomic E-state index is 13.6. The molecule has 0 bridgehead atoms. The Labute approximate surface area is 213 Å². The van der Waals surface area contributed by atoms with Crippen LogP contribution in [-0.2, 0) is 9.53 Å². The molecule has 8 nitrogen and oxygen atoms in total. The van der Waals surface area contributed by atoms with E-state index in [1.165, 1.54) is 18.9 Å². The number of ether oxygens (including phenoxy) is 1. The van der Waals surface area contributed by atoms with Crippen LogP contribution in [0, 0.1) is 13.8 Å². The summed E-state index contributed by atoms with van der Waals surface area (Å²) in [6.07, 6.45) is 0. The first-order valence-electron chi connectivity index (χ1n) is 11.4. The second kappa shape index (κ2) is 9.87. The zero-order chi connectivity index (χ0) is 25.2. The van der Waals surface area contributed by atoms with Crippen LogP contribution in [0.1, 0.15) is 33.1 Å². The third kappa shape index (κ3) is 4.57. The summed E-state index contributed by atoms with van der Waals surface area (Å²) in [4.78, 5) is 25.5. The van der Waals surface area contributed by atoms with Crippen molar-refractivity contribution in [2.75, 3.05) is 17.9 Å². The molecule has 0 unspecified atom stereocenters. The number of anilines is 1. The van der Waals surface area contributed by atoms with Gasteiger partial charge < -0.3 is 15.5 Å². The number of thioether (sulfide) groups is 1. The van der Waals surface area contributed by atoms with Crippen molar-refractivity contribution in [3.8, 4) is 11.4 Å². The third-order valence-corrected chi connectivity index (χ3v) is 7.27. The number of fused-ring (bicyclic) bond motifs is 1. The Morgan fingerprint density at radius 2 is 1.75 bits per heavy atom. The topological polar surface area (TPSA) is 98.1 Å². The molecule has 1 amide bonds. The Kier molecular flexibility index (Phi) is 6.47. The minimum Gasteiger partial charge on any atom is -0.465 e. The maximum absolute atomic E-state index is 13.6. The van der Waals surface area contributed by atoms with Crippen molar-refractivity contribution < 1.29 is 14.3 Å². The van der Waals surface area contributed by atoms with Gasteiger partial charge in [-0.2, -0.15) is 0 Å². The summed E-state index contributed by atoms with van der Waals surface area (Å²) in [5.41, 5.74) is 8.53. The summed E-state index contributed by atoms with van der Waals surface area (Å²) in [5, 5.41) is 11.9. The van der Waals surface area contributed by atoms with Gasteiger partial charge in [0, 0.05) is 11.3 Å². The van der Waals surface area contributed by atoms with Crippen LogP contribution in [0.2, 0.25) is 0 Å². The average Bonchev–Trinajstić information content (AvgIpc) is 3.32. The van der Waals surface area contributed by atoms with E-state index in [-0.39, 0.29) is 5.91 Å². The monoisotopic (exact) mass is 499 g/mol. The molecule has 0 radical (unpaired) electrons. The summed E-state index contributed by atoms with van der Waals surface area (Å²) in [7, 11) is 1.35. The van der Waals surface area contributed by atoms with Gasteiger partial charge in [0.05, 0.1) is 18.7 Å². The molecule has 0 aliphatic carbocycles. The Morgan fingerprint density at radius 3 is 2.44 bits per heavy atom. The van der Waals surface area contributed by atoms with E-state index < -0.39 is 17.3 Å². The molecule has 0 fully saturated rings. The van der Waals surface area contributed by atoms with Crippen LogP contribution in [0.4, 0.5) is 5.69 Å². The zero-order valence-corrected chi connectivity index (χ0v) is 20.9. The number of hydrogen-bond donors (Lipinski definition) is 2. The summed E-state index contributed by atoms with van der Waals surface area (Å²) < 4.78 is 6.64. The Hall–Kier alpha value is -4.11. The van der Waals surface area contributed by atoms with Crippen LogP contribution in [-0.4, -0.2) is 39.1 Å². The smallest absolute Gasteiger partial charge is 0.337 e. The van der Waals surface area contributed by atoms with Gasteiger partial charge in [-0.3, -0.25) is 4.79 Å². The average molecular weight is 500 g/mol. The first-order chi connectivity index (χ1) is 17.4. The predicted octanol–water partition coefficient (Wildman–Crippen LogP) is 4.75. The number of benzene rings is 3. The molecule has 2 atom stereocenters. The van der Waals surface area contributed by atoms with Crippen LogP contribution in [0.25, 0.3) is 11.4 Å². The highest BCUT2D eigenvalue weighted by atomic mass is 32.2. The minimum absolute atomic E-state index is 0.156. The summed E-state index contributed by atoms with van der Waals surface area (Å²) >= 11 is 1.35. The quantitative estimate of drug-likeness (QED) is 0.383. The normalized spacial score (nSPS) is 16.5. The highest BCUT2D eigenvalue weighted by molar-refractivity contribution is 8.00. The summed E-state index contributed by atoms with van der Waals surface area (Å²) in [5.74, 6) is 0.0867. The fourth-order valence-corrected chi connectivity index (χ4v) is 5.26. The Morgan fingerprint density at radius 1 is 1.00 bits per heavy atom. The molecule has 36 heavy (non-hydrogen) atoms. The van der Waals surface area contributed by atoms with Gasteiger partial charge in [-0.15, -0.1) is 10.2 Å². The number of hydrogen-bond acceptors (Lipinski definition) is 7. The van der Waals surface area contributed by atoms with E-state index >= 15 is 0 Å². The number of amides is 1. The molecular weight excluding hydrogens is 474 g/mol. The number of carbonyl (C=O) groups is 2. The Balaban J connectivity index is 1.51. The van der Waals surface area contributed by atoms with Gasteiger partial charge >= 0.3 is 5.97 Å². The number of methoxy groups -OCH3 is 1. The molecule has 9 heteroatoms. The molecule has 1 aliphatic heterocycles. The van der Waals surface area contributed by atoms with Gasteiger partial charge in [0.25, 0.3) is 0 Å². The predicted molar refractivity (Wildman–Crippen MR) is 140 cm³/mol. The van der Waals surface area contributed by atoms with Gasteiger partial charge in [0.1, 0.15) is 5.25 Å². The number of nitrogens with zero attached hydrogens (tertiary/aromatic N) is 3. The fourth-order valence-electron chi connectivity index (χ4n) is 4.18. The van der Waals surface area contributed by atoms with Crippen molar-refractivity contribution >= 4 is 29.3 Å². The van der Waals surface area contributed by atoms with Crippen molar-refractivity contribution in [2.45, 2.75) is 30.3 Å². The number of rotatable bonds is 5. The van der Waals surface area contributed by atoms with E-state index in [0.29, 0.717) is 16.5 Å². The van der Waals surface area contributed by atoms with Gasteiger partial charge in [0.2, 0.25) is 11.1 Å². The van der Waals surface area contributed by atoms with E-state index in [1.807, 2.05) is 79.2 Å². The number of esters is 1. The van der Waals surface area contributed by atoms with Crippen LogP contribution in [0.5, 0.6) is 0 Å². The van der Waals surface area contributed by atoms with Crippen LogP contribution in [0.15, 0.2) is 78.0 Å². The molecule has 2 heterocycles. The van der Waals surface area contributed by atoms with Gasteiger partial charge in [0.15, 0.2) is 5.82 Å². The standard InChI is InChI=1S/C27H25N5O3S/c1-16-9-14-21(17(2)15-16)28-25(33)23-22(18-10-12-20(13-11-18)26(34)35-3)31-32-24(29-30-27(32)36-23)19-7-5-4-6-8-19/h4-15,22-23,31H,1-3H3,(H,28,33)/t22-,23-/m1/s1.